The van der Waals surface area contributed by atoms with Crippen LogP contribution in [0.5, 0.6) is 17.2 Å². The highest BCUT2D eigenvalue weighted by atomic mass is 16.5. The number of fused-ring (bicyclic) bond motifs is 1. The van der Waals surface area contributed by atoms with Crippen LogP contribution in [0, 0.1) is 6.92 Å². The lowest BCUT2D eigenvalue weighted by Crippen LogP contribution is -2.13. The molecular weight excluding hydrogens is 346 g/mol. The number of hydrogen-bond acceptors (Lipinski definition) is 5. The largest absolute Gasteiger partial charge is 0.493 e. The number of pyridine rings is 1. The summed E-state index contributed by atoms with van der Waals surface area (Å²) in [6.45, 7) is 1.96. The van der Waals surface area contributed by atoms with E-state index in [-0.39, 0.29) is 5.91 Å². The van der Waals surface area contributed by atoms with Crippen LogP contribution in [0.1, 0.15) is 17.8 Å². The fourth-order valence-electron chi connectivity index (χ4n) is 3.07. The number of carbonyl (C=O) groups excluding carboxylic acids is 1. The number of nitrogens with one attached hydrogen (secondary N) is 1. The van der Waals surface area contributed by atoms with Crippen LogP contribution in [0.4, 0.5) is 5.69 Å². The predicted octanol–water partition coefficient (Wildman–Crippen LogP) is 3.24. The zero-order valence-electron chi connectivity index (χ0n) is 15.9. The molecule has 142 valence electrons. The third-order valence-corrected chi connectivity index (χ3v) is 4.37. The Hall–Kier alpha value is -3.22. The Morgan fingerprint density at radius 1 is 1.11 bits per heavy atom. The van der Waals surface area contributed by atoms with E-state index in [1.807, 2.05) is 35.7 Å². The van der Waals surface area contributed by atoms with E-state index in [1.54, 1.807) is 12.1 Å². The van der Waals surface area contributed by atoms with Gasteiger partial charge in [-0.15, -0.1) is 0 Å². The minimum atomic E-state index is -0.102. The number of amides is 1. The number of methoxy groups -OCH3 is 3. The first-order valence-corrected chi connectivity index (χ1v) is 8.59. The van der Waals surface area contributed by atoms with Crippen molar-refractivity contribution in [3.05, 3.63) is 47.9 Å². The smallest absolute Gasteiger partial charge is 0.224 e. The van der Waals surface area contributed by atoms with Crippen LogP contribution in [0.15, 0.2) is 36.5 Å². The van der Waals surface area contributed by atoms with Crippen molar-refractivity contribution in [2.24, 2.45) is 0 Å². The van der Waals surface area contributed by atoms with E-state index >= 15 is 0 Å². The SMILES string of the molecule is COc1cc(NC(=O)CCc2c(C)nc3ccccn23)cc(OC)c1OC. The molecule has 0 bridgehead atoms. The summed E-state index contributed by atoms with van der Waals surface area (Å²) < 4.78 is 17.9. The van der Waals surface area contributed by atoms with Crippen LogP contribution in [-0.2, 0) is 11.2 Å². The Morgan fingerprint density at radius 2 is 1.81 bits per heavy atom. The summed E-state index contributed by atoms with van der Waals surface area (Å²) in [6.07, 6.45) is 2.88. The molecular formula is C20H23N3O4. The third kappa shape index (κ3) is 3.81. The standard InChI is InChI=1S/C20H23N3O4/c1-13-15(23-10-6-5-7-18(23)21-13)8-9-19(24)22-14-11-16(25-2)20(27-4)17(12-14)26-3/h5-7,10-12H,8-9H2,1-4H3,(H,22,24). The molecule has 0 atom stereocenters. The molecule has 3 rings (SSSR count). The molecule has 27 heavy (non-hydrogen) atoms. The topological polar surface area (TPSA) is 74.1 Å². The van der Waals surface area contributed by atoms with Gasteiger partial charge >= 0.3 is 0 Å². The number of aryl methyl sites for hydroxylation is 2. The second-order valence-electron chi connectivity index (χ2n) is 6.03. The lowest BCUT2D eigenvalue weighted by molar-refractivity contribution is -0.116. The number of nitrogens with zero attached hydrogens (tertiary/aromatic N) is 2. The van der Waals surface area contributed by atoms with Crippen molar-refractivity contribution in [2.45, 2.75) is 19.8 Å². The predicted molar refractivity (Wildman–Crippen MR) is 103 cm³/mol. The summed E-state index contributed by atoms with van der Waals surface area (Å²) in [5.41, 5.74) is 3.44. The maximum absolute atomic E-state index is 12.5. The van der Waals surface area contributed by atoms with Gasteiger partial charge in [-0.3, -0.25) is 4.79 Å². The van der Waals surface area contributed by atoms with Crippen molar-refractivity contribution in [3.8, 4) is 17.2 Å². The molecule has 1 aromatic carbocycles. The molecule has 7 heteroatoms. The molecule has 0 saturated carbocycles. The summed E-state index contributed by atoms with van der Waals surface area (Å²) in [7, 11) is 4.61. The Bertz CT molecular complexity index is 940. The molecule has 7 nitrogen and oxygen atoms in total. The lowest BCUT2D eigenvalue weighted by atomic mass is 10.2. The molecule has 0 saturated heterocycles. The van der Waals surface area contributed by atoms with E-state index in [1.165, 1.54) is 21.3 Å². The number of hydrogen-bond donors (Lipinski definition) is 1. The summed E-state index contributed by atoms with van der Waals surface area (Å²) in [6, 6.07) is 9.26. The van der Waals surface area contributed by atoms with Crippen LogP contribution in [0.25, 0.3) is 5.65 Å². The van der Waals surface area contributed by atoms with Crippen molar-refractivity contribution in [2.75, 3.05) is 26.6 Å². The van der Waals surface area contributed by atoms with E-state index in [9.17, 15) is 4.79 Å². The van der Waals surface area contributed by atoms with Crippen molar-refractivity contribution in [3.63, 3.8) is 0 Å². The van der Waals surface area contributed by atoms with Gasteiger partial charge in [0.1, 0.15) is 5.65 Å². The van der Waals surface area contributed by atoms with Gasteiger partial charge in [0.05, 0.1) is 27.0 Å². The molecule has 3 aromatic rings. The first-order valence-electron chi connectivity index (χ1n) is 8.59. The lowest BCUT2D eigenvalue weighted by Gasteiger charge is -2.14. The molecule has 1 N–H and O–H groups in total. The van der Waals surface area contributed by atoms with Gasteiger partial charge in [0.25, 0.3) is 0 Å². The highest BCUT2D eigenvalue weighted by Crippen LogP contribution is 2.39. The average Bonchev–Trinajstić information content (AvgIpc) is 3.00. The Balaban J connectivity index is 1.73. The second kappa shape index (κ2) is 7.99. The highest BCUT2D eigenvalue weighted by Gasteiger charge is 2.15. The van der Waals surface area contributed by atoms with Gasteiger partial charge in [0.2, 0.25) is 11.7 Å². The summed E-state index contributed by atoms with van der Waals surface area (Å²) in [4.78, 5) is 17.0. The van der Waals surface area contributed by atoms with Gasteiger partial charge in [0.15, 0.2) is 11.5 Å². The van der Waals surface area contributed by atoms with Gasteiger partial charge in [-0.1, -0.05) is 6.07 Å². The molecule has 0 fully saturated rings. The van der Waals surface area contributed by atoms with Crippen molar-refractivity contribution >= 4 is 17.2 Å². The van der Waals surface area contributed by atoms with Gasteiger partial charge in [0, 0.05) is 36.1 Å². The normalized spacial score (nSPS) is 10.7. The minimum Gasteiger partial charge on any atom is -0.493 e. The van der Waals surface area contributed by atoms with Crippen LogP contribution >= 0.6 is 0 Å². The van der Waals surface area contributed by atoms with Gasteiger partial charge in [-0.05, 0) is 25.5 Å². The number of carbonyl (C=O) groups is 1. The fourth-order valence-corrected chi connectivity index (χ4v) is 3.07. The van der Waals surface area contributed by atoms with E-state index in [0.29, 0.717) is 35.8 Å². The van der Waals surface area contributed by atoms with Crippen LogP contribution in [0.2, 0.25) is 0 Å². The molecule has 0 aliphatic rings. The number of benzene rings is 1. The first kappa shape index (κ1) is 18.6. The molecule has 0 unspecified atom stereocenters. The van der Waals surface area contributed by atoms with Crippen LogP contribution < -0.4 is 19.5 Å². The number of aromatic nitrogens is 2. The Morgan fingerprint density at radius 3 is 2.44 bits per heavy atom. The summed E-state index contributed by atoms with van der Waals surface area (Å²) in [5, 5.41) is 2.89. The van der Waals surface area contributed by atoms with Gasteiger partial charge < -0.3 is 23.9 Å². The maximum Gasteiger partial charge on any atom is 0.224 e. The summed E-state index contributed by atoms with van der Waals surface area (Å²) in [5.74, 6) is 1.36. The molecule has 2 aromatic heterocycles. The van der Waals surface area contributed by atoms with Crippen molar-refractivity contribution in [1.82, 2.24) is 9.38 Å². The number of ether oxygens (including phenoxy) is 3. The third-order valence-electron chi connectivity index (χ3n) is 4.37. The maximum atomic E-state index is 12.5. The quantitative estimate of drug-likeness (QED) is 0.692. The van der Waals surface area contributed by atoms with Crippen molar-refractivity contribution < 1.29 is 19.0 Å². The molecule has 0 aliphatic carbocycles. The van der Waals surface area contributed by atoms with E-state index in [0.717, 1.165) is 17.0 Å². The fraction of sp³-hybridized carbons (Fsp3) is 0.300. The van der Waals surface area contributed by atoms with Gasteiger partial charge in [-0.25, -0.2) is 4.98 Å². The van der Waals surface area contributed by atoms with Crippen LogP contribution in [-0.4, -0.2) is 36.6 Å². The van der Waals surface area contributed by atoms with E-state index in [2.05, 4.69) is 10.3 Å². The zero-order valence-corrected chi connectivity index (χ0v) is 15.9. The monoisotopic (exact) mass is 369 g/mol. The number of anilines is 1. The molecule has 1 amide bonds. The Kier molecular flexibility index (Phi) is 5.49. The number of rotatable bonds is 7. The van der Waals surface area contributed by atoms with E-state index < -0.39 is 0 Å². The molecule has 0 spiro atoms. The highest BCUT2D eigenvalue weighted by molar-refractivity contribution is 5.91. The van der Waals surface area contributed by atoms with Crippen molar-refractivity contribution in [1.29, 1.82) is 0 Å². The first-order chi connectivity index (χ1) is 13.1. The number of imidazole rings is 1. The molecule has 0 aliphatic heterocycles. The Labute approximate surface area is 157 Å². The zero-order chi connectivity index (χ0) is 19.4. The second-order valence-corrected chi connectivity index (χ2v) is 6.03. The van der Waals surface area contributed by atoms with Crippen LogP contribution in [0.3, 0.4) is 0 Å². The minimum absolute atomic E-state index is 0.102. The average molecular weight is 369 g/mol. The molecule has 0 radical (unpaired) electrons. The van der Waals surface area contributed by atoms with E-state index in [4.69, 9.17) is 14.2 Å². The molecule has 2 heterocycles. The van der Waals surface area contributed by atoms with Gasteiger partial charge in [-0.2, -0.15) is 0 Å². The summed E-state index contributed by atoms with van der Waals surface area (Å²) >= 11 is 0.